The summed E-state index contributed by atoms with van der Waals surface area (Å²) in [6.07, 6.45) is 10.9. The molecule has 0 aliphatic carbocycles. The van der Waals surface area contributed by atoms with Gasteiger partial charge in [0.2, 0.25) is 0 Å². The van der Waals surface area contributed by atoms with E-state index >= 15 is 0 Å². The van der Waals surface area contributed by atoms with Crippen LogP contribution in [0.1, 0.15) is 0 Å². The predicted molar refractivity (Wildman–Crippen MR) is 122 cm³/mol. The molecular weight excluding hydrogens is 533 g/mol. The van der Waals surface area contributed by atoms with Gasteiger partial charge in [-0.2, -0.15) is 0 Å². The van der Waals surface area contributed by atoms with Crippen LogP contribution in [0.2, 0.25) is 0 Å². The number of benzene rings is 3. The van der Waals surface area contributed by atoms with Crippen molar-refractivity contribution in [3.8, 4) is 0 Å². The van der Waals surface area contributed by atoms with E-state index in [4.69, 9.17) is 0 Å². The van der Waals surface area contributed by atoms with Crippen molar-refractivity contribution in [1.29, 1.82) is 0 Å². The number of rotatable bonds is 7. The Morgan fingerprint density at radius 1 is 0.714 bits per heavy atom. The van der Waals surface area contributed by atoms with Crippen LogP contribution in [0.3, 0.4) is 0 Å². The second-order valence-corrected chi connectivity index (χ2v) is 10.3. The zero-order chi connectivity index (χ0) is 19.7. The SMILES string of the molecule is [CH2-][C-]=CC=C/C=C(\[CH]=[Os])[P+](c1ccccc1)(c1ccccc1)c1ccccc1. The van der Waals surface area contributed by atoms with Crippen LogP contribution in [0.15, 0.2) is 121 Å². The van der Waals surface area contributed by atoms with E-state index in [0.29, 0.717) is 0 Å². The molecular formula is C26H22OsP-. The van der Waals surface area contributed by atoms with Crippen LogP contribution >= 0.6 is 7.26 Å². The van der Waals surface area contributed by atoms with Gasteiger partial charge < -0.3 is 0 Å². The van der Waals surface area contributed by atoms with Crippen LogP contribution in [-0.2, 0) is 18.1 Å². The molecule has 0 aliphatic rings. The Morgan fingerprint density at radius 2 is 1.14 bits per heavy atom. The summed E-state index contributed by atoms with van der Waals surface area (Å²) in [6, 6.07) is 32.7. The first kappa shape index (κ1) is 20.4. The molecule has 0 amide bonds. The van der Waals surface area contributed by atoms with E-state index in [1.807, 2.05) is 30.3 Å². The van der Waals surface area contributed by atoms with E-state index in [2.05, 4.69) is 121 Å². The van der Waals surface area contributed by atoms with Gasteiger partial charge >= 0.3 is 180 Å². The second-order valence-electron chi connectivity index (χ2n) is 6.13. The molecule has 28 heavy (non-hydrogen) atoms. The van der Waals surface area contributed by atoms with Crippen LogP contribution in [0, 0.1) is 13.0 Å². The maximum absolute atomic E-state index is 3.64. The van der Waals surface area contributed by atoms with Gasteiger partial charge in [0.25, 0.3) is 0 Å². The van der Waals surface area contributed by atoms with E-state index in [0.717, 1.165) is 0 Å². The third-order valence-electron chi connectivity index (χ3n) is 4.51. The first-order valence-corrected chi connectivity index (χ1v) is 12.3. The van der Waals surface area contributed by atoms with Crippen molar-refractivity contribution in [2.24, 2.45) is 0 Å². The van der Waals surface area contributed by atoms with Crippen molar-refractivity contribution in [3.63, 3.8) is 0 Å². The van der Waals surface area contributed by atoms with Crippen molar-refractivity contribution in [2.75, 3.05) is 0 Å². The van der Waals surface area contributed by atoms with Gasteiger partial charge in [0.05, 0.1) is 0 Å². The first-order chi connectivity index (χ1) is 13.8. The molecule has 0 aliphatic heterocycles. The fraction of sp³-hybridized carbons (Fsp3) is 0. The zero-order valence-corrected chi connectivity index (χ0v) is 19.0. The minimum absolute atomic E-state index is 1.34. The number of hydrogen-bond acceptors (Lipinski definition) is 0. The molecule has 0 radical (unpaired) electrons. The Morgan fingerprint density at radius 3 is 1.50 bits per heavy atom. The Labute approximate surface area is 179 Å². The van der Waals surface area contributed by atoms with Crippen molar-refractivity contribution in [2.45, 2.75) is 0 Å². The van der Waals surface area contributed by atoms with E-state index in [1.165, 1.54) is 21.2 Å². The Balaban J connectivity index is 2.38. The van der Waals surface area contributed by atoms with Crippen LogP contribution < -0.4 is 15.9 Å². The molecule has 3 aromatic carbocycles. The average Bonchev–Trinajstić information content (AvgIpc) is 2.78. The molecule has 3 aromatic rings. The fourth-order valence-electron chi connectivity index (χ4n) is 3.34. The molecule has 0 N–H and O–H groups in total. The molecule has 0 nitrogen and oxygen atoms in total. The van der Waals surface area contributed by atoms with Gasteiger partial charge in [-0.3, -0.25) is 0 Å². The fourth-order valence-corrected chi connectivity index (χ4v) is 9.16. The minimum atomic E-state index is -2.00. The van der Waals surface area contributed by atoms with E-state index in [-0.39, 0.29) is 0 Å². The summed E-state index contributed by atoms with van der Waals surface area (Å²) in [5.74, 6) is 0. The van der Waals surface area contributed by atoms with Gasteiger partial charge in [-0.25, -0.2) is 0 Å². The van der Waals surface area contributed by atoms with Crippen molar-refractivity contribution in [3.05, 3.63) is 134 Å². The summed E-state index contributed by atoms with van der Waals surface area (Å²) in [5, 5.41) is 5.40. The molecule has 0 aromatic heterocycles. The standard InChI is InChI=1S/C26H22P.Os/c1-3-4-5-9-16-23(2)27(24-17-10-6-11-18-24,25-19-12-7-13-20-25)26-21-14-8-15-22-26;/h2,4-22H,1H2;/q-1;/b9-5?,23-16+;. The monoisotopic (exact) mass is 557 g/mol. The molecule has 0 bridgehead atoms. The van der Waals surface area contributed by atoms with Crippen LogP contribution in [-0.4, -0.2) is 4.57 Å². The van der Waals surface area contributed by atoms with Crippen LogP contribution in [0.5, 0.6) is 0 Å². The van der Waals surface area contributed by atoms with Crippen molar-refractivity contribution >= 4 is 27.7 Å². The molecule has 0 spiro atoms. The third-order valence-corrected chi connectivity index (χ3v) is 10.2. The third kappa shape index (κ3) is 4.23. The van der Waals surface area contributed by atoms with E-state index in [1.54, 1.807) is 0 Å². The Bertz CT molecular complexity index is 874. The number of hydrogen-bond donors (Lipinski definition) is 0. The summed E-state index contributed by atoms with van der Waals surface area (Å²) >= 11 is 1.90. The normalized spacial score (nSPS) is 12.5. The van der Waals surface area contributed by atoms with Gasteiger partial charge in [0, 0.05) is 0 Å². The molecule has 140 valence electrons. The van der Waals surface area contributed by atoms with E-state index in [9.17, 15) is 0 Å². The quantitative estimate of drug-likeness (QED) is 0.220. The Kier molecular flexibility index (Phi) is 7.51. The molecule has 0 saturated heterocycles. The van der Waals surface area contributed by atoms with E-state index < -0.39 is 7.26 Å². The van der Waals surface area contributed by atoms with Crippen LogP contribution in [0.25, 0.3) is 0 Å². The first-order valence-electron chi connectivity index (χ1n) is 9.05. The predicted octanol–water partition coefficient (Wildman–Crippen LogP) is 4.96. The average molecular weight is 556 g/mol. The van der Waals surface area contributed by atoms with Gasteiger partial charge in [-0.15, -0.1) is 0 Å². The molecule has 0 atom stereocenters. The van der Waals surface area contributed by atoms with Crippen molar-refractivity contribution < 1.29 is 18.1 Å². The second kappa shape index (κ2) is 10.3. The van der Waals surface area contributed by atoms with Crippen molar-refractivity contribution in [1.82, 2.24) is 0 Å². The topological polar surface area (TPSA) is 0 Å². The summed E-state index contributed by atoms with van der Waals surface area (Å²) in [7, 11) is -2.00. The van der Waals surface area contributed by atoms with Gasteiger partial charge in [-0.1, -0.05) is 0 Å². The number of allylic oxidation sites excluding steroid dienone is 6. The molecule has 3 rings (SSSR count). The summed E-state index contributed by atoms with van der Waals surface area (Å²) in [5.41, 5.74) is 0. The van der Waals surface area contributed by atoms with Gasteiger partial charge in [-0.05, 0) is 0 Å². The summed E-state index contributed by atoms with van der Waals surface area (Å²) in [6.45, 7) is 3.64. The summed E-state index contributed by atoms with van der Waals surface area (Å²) < 4.78 is 2.28. The zero-order valence-electron chi connectivity index (χ0n) is 15.6. The molecule has 0 saturated carbocycles. The van der Waals surface area contributed by atoms with Crippen LogP contribution in [0.4, 0.5) is 0 Å². The van der Waals surface area contributed by atoms with Gasteiger partial charge in [0.15, 0.2) is 0 Å². The Hall–Kier alpha value is -2.31. The molecule has 2 heteroatoms. The van der Waals surface area contributed by atoms with Gasteiger partial charge in [0.1, 0.15) is 0 Å². The molecule has 0 fully saturated rings. The summed E-state index contributed by atoms with van der Waals surface area (Å²) in [4.78, 5) is 0. The maximum atomic E-state index is 3.64. The molecule has 0 unspecified atom stereocenters. The molecule has 0 heterocycles.